The first-order chi connectivity index (χ1) is 20.7. The van der Waals surface area contributed by atoms with E-state index in [0.717, 1.165) is 0 Å². The summed E-state index contributed by atoms with van der Waals surface area (Å²) in [4.78, 5) is 41.4. The largest absolute Gasteiger partial charge is 0.489 e. The van der Waals surface area contributed by atoms with Crippen molar-refractivity contribution >= 4 is 35.1 Å². The number of aryl methyl sites for hydroxylation is 1. The van der Waals surface area contributed by atoms with Crippen LogP contribution in [-0.2, 0) is 32.5 Å². The van der Waals surface area contributed by atoms with Crippen LogP contribution in [0.5, 0.6) is 5.75 Å². The van der Waals surface area contributed by atoms with Crippen LogP contribution in [0.3, 0.4) is 0 Å². The Hall–Kier alpha value is -3.59. The minimum Gasteiger partial charge on any atom is -0.489 e. The van der Waals surface area contributed by atoms with E-state index in [-0.39, 0.29) is 52.1 Å². The molecule has 1 aromatic carbocycles. The molecule has 4 N–H and O–H groups in total. The van der Waals surface area contributed by atoms with Crippen LogP contribution in [0.1, 0.15) is 15.9 Å². The van der Waals surface area contributed by atoms with E-state index in [0.29, 0.717) is 50.7 Å². The highest BCUT2D eigenvalue weighted by Gasteiger charge is 2.24. The summed E-state index contributed by atoms with van der Waals surface area (Å²) in [6.45, 7) is 3.07. The molecule has 2 aromatic heterocycles. The van der Waals surface area contributed by atoms with Gasteiger partial charge in [0, 0.05) is 32.4 Å². The van der Waals surface area contributed by atoms with Crippen LogP contribution >= 0.6 is 23.2 Å². The van der Waals surface area contributed by atoms with Crippen molar-refractivity contribution in [1.82, 2.24) is 20.1 Å². The Morgan fingerprint density at radius 3 is 2.12 bits per heavy atom. The number of hydrogen-bond donors (Lipinski definition) is 3. The molecular formula is C28H33Cl2N5O8. The molecule has 1 atom stereocenters. The molecule has 0 saturated heterocycles. The minimum atomic E-state index is -1.28. The molecule has 3 rings (SSSR count). The molecule has 3 aromatic rings. The topological polar surface area (TPSA) is 177 Å². The van der Waals surface area contributed by atoms with Crippen molar-refractivity contribution in [3.63, 3.8) is 0 Å². The Labute approximate surface area is 257 Å². The highest BCUT2D eigenvalue weighted by Crippen LogP contribution is 2.27. The lowest BCUT2D eigenvalue weighted by molar-refractivity contribution is -0.139. The van der Waals surface area contributed by atoms with Gasteiger partial charge in [-0.05, 0) is 11.1 Å². The number of ether oxygens (including phenoxy) is 4. The summed E-state index contributed by atoms with van der Waals surface area (Å²) in [5.41, 5.74) is 6.33. The van der Waals surface area contributed by atoms with Crippen LogP contribution in [0.15, 0.2) is 47.7 Å². The molecule has 0 fully saturated rings. The number of hydrogen-bond acceptors (Lipinski definition) is 10. The zero-order valence-corrected chi connectivity index (χ0v) is 25.0. The molecule has 13 nitrogen and oxygen atoms in total. The number of carbonyl (C=O) groups is 2. The van der Waals surface area contributed by atoms with Crippen LogP contribution in [0, 0.1) is 0 Å². The number of nitrogens with one attached hydrogen (secondary N) is 1. The smallest absolute Gasteiger partial charge is 0.326 e. The number of aromatic nitrogens is 3. The molecule has 0 saturated carbocycles. The van der Waals surface area contributed by atoms with Crippen molar-refractivity contribution in [3.05, 3.63) is 74.4 Å². The van der Waals surface area contributed by atoms with Gasteiger partial charge in [0.15, 0.2) is 5.75 Å². The van der Waals surface area contributed by atoms with Gasteiger partial charge in [-0.1, -0.05) is 47.5 Å². The van der Waals surface area contributed by atoms with Gasteiger partial charge in [0.25, 0.3) is 11.5 Å². The zero-order chi connectivity index (χ0) is 31.2. The summed E-state index contributed by atoms with van der Waals surface area (Å²) < 4.78 is 23.1. The van der Waals surface area contributed by atoms with Crippen molar-refractivity contribution in [3.8, 4) is 16.9 Å². The number of rotatable bonds is 18. The SMILES string of the molecule is Cn1ncc(OCCOCCOCCOCCN)c(-c2ccc(CC(NC(=O)c3c(Cl)cncc3Cl)C(=O)O)cc2)c1=O. The fourth-order valence-electron chi connectivity index (χ4n) is 3.84. The molecule has 232 valence electrons. The predicted molar refractivity (Wildman–Crippen MR) is 159 cm³/mol. The fraction of sp³-hybridized carbons (Fsp3) is 0.393. The maximum atomic E-state index is 13.0. The average molecular weight is 639 g/mol. The number of pyridine rings is 1. The summed E-state index contributed by atoms with van der Waals surface area (Å²) in [5, 5.41) is 16.2. The first-order valence-corrected chi connectivity index (χ1v) is 14.0. The number of nitrogens with two attached hydrogens (primary N) is 1. The van der Waals surface area contributed by atoms with Gasteiger partial charge in [-0.2, -0.15) is 5.10 Å². The lowest BCUT2D eigenvalue weighted by atomic mass is 10.0. The predicted octanol–water partition coefficient (Wildman–Crippen LogP) is 1.96. The Balaban J connectivity index is 1.60. The summed E-state index contributed by atoms with van der Waals surface area (Å²) in [7, 11) is 1.52. The van der Waals surface area contributed by atoms with Gasteiger partial charge in [0.05, 0.1) is 67.0 Å². The number of carbonyl (C=O) groups excluding carboxylic acids is 1. The standard InChI is InChI=1S/C28H33Cl2N5O8/c1-35-27(37)24(23(17-33-35)43-13-12-42-11-10-41-9-8-40-7-6-31)19-4-2-18(3-5-19)14-22(28(38)39)34-26(36)25-20(29)15-32-16-21(25)30/h2-5,15-17,22H,6-14,31H2,1H3,(H,34,36)(H,38,39). The second kappa shape index (κ2) is 17.5. The number of carboxylic acids is 1. The van der Waals surface area contributed by atoms with E-state index in [9.17, 15) is 19.5 Å². The maximum Gasteiger partial charge on any atom is 0.326 e. The molecule has 0 aliphatic carbocycles. The van der Waals surface area contributed by atoms with Crippen LogP contribution < -0.4 is 21.3 Å². The average Bonchev–Trinajstić information content (AvgIpc) is 2.98. The number of halogens is 2. The lowest BCUT2D eigenvalue weighted by Crippen LogP contribution is -2.42. The molecule has 0 spiro atoms. The van der Waals surface area contributed by atoms with E-state index in [1.54, 1.807) is 24.3 Å². The highest BCUT2D eigenvalue weighted by molar-refractivity contribution is 6.39. The Morgan fingerprint density at radius 1 is 0.953 bits per heavy atom. The van der Waals surface area contributed by atoms with Crippen LogP contribution in [0.4, 0.5) is 0 Å². The number of nitrogens with zero attached hydrogens (tertiary/aromatic N) is 3. The molecule has 0 aliphatic rings. The highest BCUT2D eigenvalue weighted by atomic mass is 35.5. The minimum absolute atomic E-state index is 0.00345. The molecule has 15 heteroatoms. The molecule has 2 heterocycles. The van der Waals surface area contributed by atoms with Crippen molar-refractivity contribution in [2.45, 2.75) is 12.5 Å². The summed E-state index contributed by atoms with van der Waals surface area (Å²) in [6, 6.07) is 5.39. The Morgan fingerprint density at radius 2 is 1.53 bits per heavy atom. The van der Waals surface area contributed by atoms with Crippen molar-refractivity contribution in [2.24, 2.45) is 12.8 Å². The van der Waals surface area contributed by atoms with E-state index >= 15 is 0 Å². The quantitative estimate of drug-likeness (QED) is 0.174. The van der Waals surface area contributed by atoms with Gasteiger partial charge < -0.3 is 35.1 Å². The van der Waals surface area contributed by atoms with Gasteiger partial charge in [0.2, 0.25) is 0 Å². The maximum absolute atomic E-state index is 13.0. The summed E-state index contributed by atoms with van der Waals surface area (Å²) in [6.07, 6.45) is 3.89. The van der Waals surface area contributed by atoms with Crippen molar-refractivity contribution < 1.29 is 33.6 Å². The van der Waals surface area contributed by atoms with Gasteiger partial charge in [-0.25, -0.2) is 9.48 Å². The van der Waals surface area contributed by atoms with Crippen LogP contribution in [0.2, 0.25) is 10.0 Å². The number of amides is 1. The molecule has 43 heavy (non-hydrogen) atoms. The molecule has 0 radical (unpaired) electrons. The number of aliphatic carboxylic acids is 1. The first-order valence-electron chi connectivity index (χ1n) is 13.3. The summed E-state index contributed by atoms with van der Waals surface area (Å²) >= 11 is 12.1. The van der Waals surface area contributed by atoms with Gasteiger partial charge in [-0.3, -0.25) is 14.6 Å². The third-order valence-electron chi connectivity index (χ3n) is 5.96. The van der Waals surface area contributed by atoms with E-state index in [2.05, 4.69) is 15.4 Å². The van der Waals surface area contributed by atoms with Crippen LogP contribution in [-0.4, -0.2) is 90.6 Å². The second-order valence-corrected chi connectivity index (χ2v) is 9.84. The van der Waals surface area contributed by atoms with Gasteiger partial charge >= 0.3 is 5.97 Å². The third-order valence-corrected chi connectivity index (χ3v) is 6.53. The van der Waals surface area contributed by atoms with E-state index < -0.39 is 17.9 Å². The molecular weight excluding hydrogens is 605 g/mol. The van der Waals surface area contributed by atoms with E-state index in [1.165, 1.54) is 30.3 Å². The fourth-order valence-corrected chi connectivity index (χ4v) is 4.37. The molecule has 1 amide bonds. The van der Waals surface area contributed by atoms with Crippen molar-refractivity contribution in [1.29, 1.82) is 0 Å². The second-order valence-electron chi connectivity index (χ2n) is 9.03. The van der Waals surface area contributed by atoms with E-state index in [4.69, 9.17) is 47.9 Å². The summed E-state index contributed by atoms with van der Waals surface area (Å²) in [5.74, 6) is -1.72. The van der Waals surface area contributed by atoms with Gasteiger partial charge in [0.1, 0.15) is 12.6 Å². The Bertz CT molecular complexity index is 1400. The molecule has 1 unspecified atom stereocenters. The van der Waals surface area contributed by atoms with Crippen LogP contribution in [0.25, 0.3) is 11.1 Å². The van der Waals surface area contributed by atoms with E-state index in [1.807, 2.05) is 0 Å². The normalized spacial score (nSPS) is 11.7. The monoisotopic (exact) mass is 637 g/mol. The third kappa shape index (κ3) is 10.3. The molecule has 0 bridgehead atoms. The van der Waals surface area contributed by atoms with Gasteiger partial charge in [-0.15, -0.1) is 0 Å². The first kappa shape index (κ1) is 33.9. The van der Waals surface area contributed by atoms with Crippen molar-refractivity contribution in [2.75, 3.05) is 52.8 Å². The molecule has 0 aliphatic heterocycles. The lowest BCUT2D eigenvalue weighted by Gasteiger charge is -2.16. The number of benzene rings is 1. The zero-order valence-electron chi connectivity index (χ0n) is 23.5. The Kier molecular flexibility index (Phi) is 13.8. The number of carboxylic acid groups (broad SMARTS) is 1.